The van der Waals surface area contributed by atoms with Crippen molar-refractivity contribution in [2.45, 2.75) is 32.4 Å². The average molecular weight is 202 g/mol. The molecule has 0 bridgehead atoms. The SMILES string of the molecule is CC(C)CC(N)C1CSCCN1C. The van der Waals surface area contributed by atoms with Gasteiger partial charge in [-0.25, -0.2) is 0 Å². The van der Waals surface area contributed by atoms with E-state index in [-0.39, 0.29) is 0 Å². The van der Waals surface area contributed by atoms with E-state index in [9.17, 15) is 0 Å². The highest BCUT2D eigenvalue weighted by Gasteiger charge is 2.25. The molecule has 0 radical (unpaired) electrons. The quantitative estimate of drug-likeness (QED) is 0.750. The Hall–Kier alpha value is 0.270. The van der Waals surface area contributed by atoms with E-state index in [0.29, 0.717) is 12.1 Å². The molecule has 2 unspecified atom stereocenters. The first-order valence-electron chi connectivity index (χ1n) is 5.15. The topological polar surface area (TPSA) is 29.3 Å². The zero-order chi connectivity index (χ0) is 9.84. The maximum Gasteiger partial charge on any atom is 0.0335 e. The molecule has 13 heavy (non-hydrogen) atoms. The number of thioether (sulfide) groups is 1. The molecule has 1 aliphatic heterocycles. The van der Waals surface area contributed by atoms with E-state index < -0.39 is 0 Å². The van der Waals surface area contributed by atoms with Crippen molar-refractivity contribution in [2.24, 2.45) is 11.7 Å². The van der Waals surface area contributed by atoms with Gasteiger partial charge in [-0.15, -0.1) is 0 Å². The number of nitrogens with two attached hydrogens (primary N) is 1. The van der Waals surface area contributed by atoms with Crippen LogP contribution in [0.3, 0.4) is 0 Å². The van der Waals surface area contributed by atoms with Crippen LogP contribution in [0.15, 0.2) is 0 Å². The number of hydrogen-bond acceptors (Lipinski definition) is 3. The number of nitrogens with zero attached hydrogens (tertiary/aromatic N) is 1. The predicted molar refractivity (Wildman–Crippen MR) is 61.2 cm³/mol. The lowest BCUT2D eigenvalue weighted by Gasteiger charge is -2.36. The maximum absolute atomic E-state index is 6.18. The molecule has 1 heterocycles. The molecule has 2 atom stereocenters. The van der Waals surface area contributed by atoms with Crippen molar-refractivity contribution in [1.29, 1.82) is 0 Å². The Labute approximate surface area is 86.2 Å². The fourth-order valence-electron chi connectivity index (χ4n) is 1.86. The molecule has 1 rings (SSSR count). The van der Waals surface area contributed by atoms with Gasteiger partial charge in [-0.2, -0.15) is 11.8 Å². The lowest BCUT2D eigenvalue weighted by molar-refractivity contribution is 0.221. The van der Waals surface area contributed by atoms with Gasteiger partial charge in [0.1, 0.15) is 0 Å². The first-order chi connectivity index (χ1) is 6.11. The molecule has 0 spiro atoms. The summed E-state index contributed by atoms with van der Waals surface area (Å²) in [6, 6.07) is 0.957. The van der Waals surface area contributed by atoms with E-state index in [1.54, 1.807) is 0 Å². The third-order valence-corrected chi connectivity index (χ3v) is 3.73. The first kappa shape index (κ1) is 11.3. The second-order valence-corrected chi connectivity index (χ2v) is 5.57. The summed E-state index contributed by atoms with van der Waals surface area (Å²) in [7, 11) is 2.20. The van der Waals surface area contributed by atoms with Crippen LogP contribution in [-0.4, -0.2) is 42.1 Å². The Morgan fingerprint density at radius 2 is 2.23 bits per heavy atom. The number of likely N-dealkylation sites (N-methyl/N-ethyl adjacent to an activating group) is 1. The fourth-order valence-corrected chi connectivity index (χ4v) is 3.18. The second kappa shape index (κ2) is 5.23. The van der Waals surface area contributed by atoms with Gasteiger partial charge in [-0.05, 0) is 19.4 Å². The minimum absolute atomic E-state index is 0.359. The van der Waals surface area contributed by atoms with Crippen LogP contribution < -0.4 is 5.73 Å². The summed E-state index contributed by atoms with van der Waals surface area (Å²) in [4.78, 5) is 2.42. The summed E-state index contributed by atoms with van der Waals surface area (Å²) in [5.41, 5.74) is 6.18. The summed E-state index contributed by atoms with van der Waals surface area (Å²) in [5, 5.41) is 0. The van der Waals surface area contributed by atoms with Crippen molar-refractivity contribution in [2.75, 3.05) is 25.1 Å². The molecule has 1 saturated heterocycles. The third-order valence-electron chi connectivity index (χ3n) is 2.68. The van der Waals surface area contributed by atoms with Gasteiger partial charge in [0.15, 0.2) is 0 Å². The molecule has 0 aromatic carbocycles. The van der Waals surface area contributed by atoms with Crippen LogP contribution in [0.1, 0.15) is 20.3 Å². The van der Waals surface area contributed by atoms with Gasteiger partial charge >= 0.3 is 0 Å². The monoisotopic (exact) mass is 202 g/mol. The summed E-state index contributed by atoms with van der Waals surface area (Å²) in [6.45, 7) is 5.69. The molecule has 1 aliphatic rings. The molecule has 2 N–H and O–H groups in total. The van der Waals surface area contributed by atoms with Crippen molar-refractivity contribution in [3.63, 3.8) is 0 Å². The van der Waals surface area contributed by atoms with Gasteiger partial charge in [-0.3, -0.25) is 0 Å². The molecule has 2 nitrogen and oxygen atoms in total. The largest absolute Gasteiger partial charge is 0.326 e. The van der Waals surface area contributed by atoms with Crippen molar-refractivity contribution in [3.05, 3.63) is 0 Å². The Bertz CT molecular complexity index is 150. The van der Waals surface area contributed by atoms with E-state index in [2.05, 4.69) is 25.8 Å². The molecule has 0 saturated carbocycles. The summed E-state index contributed by atoms with van der Waals surface area (Å²) < 4.78 is 0. The Morgan fingerprint density at radius 1 is 1.54 bits per heavy atom. The zero-order valence-electron chi connectivity index (χ0n) is 8.99. The first-order valence-corrected chi connectivity index (χ1v) is 6.30. The molecule has 3 heteroatoms. The second-order valence-electron chi connectivity index (χ2n) is 4.42. The van der Waals surface area contributed by atoms with Crippen LogP contribution in [-0.2, 0) is 0 Å². The van der Waals surface area contributed by atoms with Gasteiger partial charge in [0.2, 0.25) is 0 Å². The van der Waals surface area contributed by atoms with Crippen LogP contribution in [0.25, 0.3) is 0 Å². The van der Waals surface area contributed by atoms with Gasteiger partial charge in [0, 0.05) is 30.1 Å². The van der Waals surface area contributed by atoms with Crippen molar-refractivity contribution in [3.8, 4) is 0 Å². The molecule has 0 amide bonds. The van der Waals surface area contributed by atoms with E-state index in [0.717, 1.165) is 12.3 Å². The highest BCUT2D eigenvalue weighted by Crippen LogP contribution is 2.19. The molecule has 0 aliphatic carbocycles. The third kappa shape index (κ3) is 3.49. The van der Waals surface area contributed by atoms with Crippen LogP contribution >= 0.6 is 11.8 Å². The highest BCUT2D eigenvalue weighted by molar-refractivity contribution is 7.99. The Balaban J connectivity index is 2.39. The van der Waals surface area contributed by atoms with Gasteiger partial charge < -0.3 is 10.6 Å². The van der Waals surface area contributed by atoms with Crippen molar-refractivity contribution in [1.82, 2.24) is 4.90 Å². The van der Waals surface area contributed by atoms with Crippen LogP contribution in [0.4, 0.5) is 0 Å². The minimum atomic E-state index is 0.359. The average Bonchev–Trinajstić information content (AvgIpc) is 2.03. The summed E-state index contributed by atoms with van der Waals surface area (Å²) >= 11 is 2.04. The minimum Gasteiger partial charge on any atom is -0.326 e. The van der Waals surface area contributed by atoms with Crippen molar-refractivity contribution < 1.29 is 0 Å². The molecule has 0 aromatic rings. The lowest BCUT2D eigenvalue weighted by Crippen LogP contribution is -2.51. The molecule has 0 aromatic heterocycles. The van der Waals surface area contributed by atoms with Crippen LogP contribution in [0.2, 0.25) is 0 Å². The maximum atomic E-state index is 6.18. The molecule has 78 valence electrons. The lowest BCUT2D eigenvalue weighted by atomic mass is 9.98. The van der Waals surface area contributed by atoms with E-state index in [4.69, 9.17) is 5.73 Å². The van der Waals surface area contributed by atoms with Gasteiger partial charge in [0.25, 0.3) is 0 Å². The summed E-state index contributed by atoms with van der Waals surface area (Å²) in [5.74, 6) is 3.20. The number of rotatable bonds is 3. The number of hydrogen-bond donors (Lipinski definition) is 1. The molecular formula is C10H22N2S. The smallest absolute Gasteiger partial charge is 0.0335 e. The Morgan fingerprint density at radius 3 is 2.77 bits per heavy atom. The Kier molecular flexibility index (Phi) is 4.56. The van der Waals surface area contributed by atoms with Crippen LogP contribution in [0, 0.1) is 5.92 Å². The van der Waals surface area contributed by atoms with Gasteiger partial charge in [0.05, 0.1) is 0 Å². The van der Waals surface area contributed by atoms with Crippen molar-refractivity contribution >= 4 is 11.8 Å². The zero-order valence-corrected chi connectivity index (χ0v) is 9.81. The van der Waals surface area contributed by atoms with E-state index >= 15 is 0 Å². The van der Waals surface area contributed by atoms with E-state index in [1.807, 2.05) is 11.8 Å². The normalized spacial score (nSPS) is 27.9. The standard InChI is InChI=1S/C10H22N2S/c1-8(2)6-9(11)10-7-13-5-4-12(10)3/h8-10H,4-7,11H2,1-3H3. The van der Waals surface area contributed by atoms with Gasteiger partial charge in [-0.1, -0.05) is 13.8 Å². The molecular weight excluding hydrogens is 180 g/mol. The fraction of sp³-hybridized carbons (Fsp3) is 1.00. The van der Waals surface area contributed by atoms with E-state index in [1.165, 1.54) is 18.1 Å². The summed E-state index contributed by atoms with van der Waals surface area (Å²) in [6.07, 6.45) is 1.15. The van der Waals surface area contributed by atoms with Crippen LogP contribution in [0.5, 0.6) is 0 Å². The predicted octanol–water partition coefficient (Wildman–Crippen LogP) is 1.41. The molecule has 1 fully saturated rings. The highest BCUT2D eigenvalue weighted by atomic mass is 32.2.